The van der Waals surface area contributed by atoms with Crippen LogP contribution in [0.25, 0.3) is 0 Å². The summed E-state index contributed by atoms with van der Waals surface area (Å²) in [6.07, 6.45) is -0.736. The van der Waals surface area contributed by atoms with E-state index < -0.39 is 11.9 Å². The van der Waals surface area contributed by atoms with E-state index in [1.54, 1.807) is 0 Å². The fourth-order valence-corrected chi connectivity index (χ4v) is 2.31. The zero-order valence-corrected chi connectivity index (χ0v) is 11.1. The van der Waals surface area contributed by atoms with Gasteiger partial charge in [-0.15, -0.1) is 0 Å². The van der Waals surface area contributed by atoms with Crippen LogP contribution >= 0.6 is 0 Å². The second kappa shape index (κ2) is 5.82. The number of ether oxygens (including phenoxy) is 1. The van der Waals surface area contributed by atoms with Crippen LogP contribution in [0, 0.1) is 5.92 Å². The van der Waals surface area contributed by atoms with Crippen LogP contribution in [-0.4, -0.2) is 16.1 Å². The molecule has 20 heavy (non-hydrogen) atoms. The molecule has 0 radical (unpaired) electrons. The highest BCUT2D eigenvalue weighted by molar-refractivity contribution is 5.30. The highest BCUT2D eigenvalue weighted by Crippen LogP contribution is 2.32. The van der Waals surface area contributed by atoms with Gasteiger partial charge in [0.05, 0.1) is 0 Å². The summed E-state index contributed by atoms with van der Waals surface area (Å²) in [6, 6.07) is 0.808. The van der Waals surface area contributed by atoms with Crippen LogP contribution in [-0.2, 0) is 6.18 Å². The van der Waals surface area contributed by atoms with Crippen molar-refractivity contribution in [3.63, 3.8) is 0 Å². The average molecular weight is 290 g/mol. The number of nitrogens with zero attached hydrogens (tertiary/aromatic N) is 2. The molecule has 0 bridgehead atoms. The van der Waals surface area contributed by atoms with E-state index >= 15 is 0 Å². The lowest BCUT2D eigenvalue weighted by molar-refractivity contribution is -0.141. The first-order valence-corrected chi connectivity index (χ1v) is 6.49. The molecule has 3 N–H and O–H groups in total. The molecule has 8 heteroatoms. The minimum atomic E-state index is -4.56. The van der Waals surface area contributed by atoms with E-state index in [-0.39, 0.29) is 17.9 Å². The van der Waals surface area contributed by atoms with E-state index in [1.807, 2.05) is 12.3 Å². The molecule has 0 spiro atoms. The number of anilines is 1. The SMILES string of the molecule is CC1CCCCC1Oc1cc(C(F)(F)F)nc(NN)n1. The molecular formula is C12H17F3N4O. The molecule has 112 valence electrons. The molecule has 2 unspecified atom stereocenters. The van der Waals surface area contributed by atoms with Gasteiger partial charge in [-0.2, -0.15) is 18.2 Å². The van der Waals surface area contributed by atoms with Crippen molar-refractivity contribution < 1.29 is 17.9 Å². The van der Waals surface area contributed by atoms with Gasteiger partial charge in [-0.3, -0.25) is 5.43 Å². The Morgan fingerprint density at radius 1 is 1.30 bits per heavy atom. The van der Waals surface area contributed by atoms with E-state index in [9.17, 15) is 13.2 Å². The smallest absolute Gasteiger partial charge is 0.433 e. The number of nitrogen functional groups attached to an aromatic ring is 1. The van der Waals surface area contributed by atoms with E-state index in [1.165, 1.54) is 0 Å². The third kappa shape index (κ3) is 3.50. The van der Waals surface area contributed by atoms with E-state index in [0.29, 0.717) is 5.92 Å². The largest absolute Gasteiger partial charge is 0.474 e. The molecule has 1 aromatic heterocycles. The Labute approximate surface area is 114 Å². The molecule has 0 aliphatic heterocycles. The topological polar surface area (TPSA) is 73.1 Å². The molecule has 0 aromatic carbocycles. The average Bonchev–Trinajstić information content (AvgIpc) is 2.40. The Bertz CT molecular complexity index is 467. The summed E-state index contributed by atoms with van der Waals surface area (Å²) in [5, 5.41) is 0. The monoisotopic (exact) mass is 290 g/mol. The van der Waals surface area contributed by atoms with Crippen molar-refractivity contribution in [1.29, 1.82) is 0 Å². The van der Waals surface area contributed by atoms with Gasteiger partial charge in [0.15, 0.2) is 5.69 Å². The number of rotatable bonds is 3. The van der Waals surface area contributed by atoms with E-state index in [0.717, 1.165) is 31.7 Å². The van der Waals surface area contributed by atoms with Gasteiger partial charge >= 0.3 is 6.18 Å². The van der Waals surface area contributed by atoms with Crippen molar-refractivity contribution in [3.05, 3.63) is 11.8 Å². The molecular weight excluding hydrogens is 273 g/mol. The summed E-state index contributed by atoms with van der Waals surface area (Å²) in [6.45, 7) is 2.03. The first-order chi connectivity index (χ1) is 9.40. The maximum absolute atomic E-state index is 12.7. The molecule has 5 nitrogen and oxygen atoms in total. The van der Waals surface area contributed by atoms with Crippen molar-refractivity contribution in [2.75, 3.05) is 5.43 Å². The van der Waals surface area contributed by atoms with E-state index in [4.69, 9.17) is 10.6 Å². The Hall–Kier alpha value is -1.57. The minimum absolute atomic E-state index is 0.0981. The Morgan fingerprint density at radius 3 is 2.60 bits per heavy atom. The first-order valence-electron chi connectivity index (χ1n) is 6.49. The van der Waals surface area contributed by atoms with Crippen molar-refractivity contribution in [1.82, 2.24) is 9.97 Å². The molecule has 2 rings (SSSR count). The van der Waals surface area contributed by atoms with Crippen LogP contribution in [0.5, 0.6) is 5.88 Å². The molecule has 1 aliphatic carbocycles. The first kappa shape index (κ1) is 14.8. The Balaban J connectivity index is 2.22. The maximum atomic E-state index is 12.7. The van der Waals surface area contributed by atoms with Crippen LogP contribution in [0.4, 0.5) is 19.1 Å². The lowest BCUT2D eigenvalue weighted by atomic mass is 9.88. The van der Waals surface area contributed by atoms with Crippen LogP contribution in [0.3, 0.4) is 0 Å². The zero-order chi connectivity index (χ0) is 14.8. The Kier molecular flexibility index (Phi) is 4.32. The van der Waals surface area contributed by atoms with Crippen LogP contribution < -0.4 is 16.0 Å². The summed E-state index contributed by atoms with van der Waals surface area (Å²) >= 11 is 0. The Morgan fingerprint density at radius 2 is 2.00 bits per heavy atom. The van der Waals surface area contributed by atoms with Crippen molar-refractivity contribution in [3.8, 4) is 5.88 Å². The van der Waals surface area contributed by atoms with Gasteiger partial charge in [0, 0.05) is 6.07 Å². The van der Waals surface area contributed by atoms with Gasteiger partial charge in [0.1, 0.15) is 6.10 Å². The fourth-order valence-electron chi connectivity index (χ4n) is 2.31. The van der Waals surface area contributed by atoms with Crippen LogP contribution in [0.1, 0.15) is 38.3 Å². The zero-order valence-electron chi connectivity index (χ0n) is 11.1. The summed E-state index contributed by atoms with van der Waals surface area (Å²) < 4.78 is 43.8. The maximum Gasteiger partial charge on any atom is 0.433 e. The minimum Gasteiger partial charge on any atom is -0.474 e. The molecule has 0 saturated heterocycles. The summed E-state index contributed by atoms with van der Waals surface area (Å²) in [7, 11) is 0. The molecule has 2 atom stereocenters. The summed E-state index contributed by atoms with van der Waals surface area (Å²) in [5.41, 5.74) is 0.956. The number of hydrazine groups is 1. The lowest BCUT2D eigenvalue weighted by Gasteiger charge is -2.29. The second-order valence-electron chi connectivity index (χ2n) is 4.98. The number of nitrogens with two attached hydrogens (primary N) is 1. The second-order valence-corrected chi connectivity index (χ2v) is 4.98. The lowest BCUT2D eigenvalue weighted by Crippen LogP contribution is -2.29. The predicted molar refractivity (Wildman–Crippen MR) is 66.9 cm³/mol. The van der Waals surface area contributed by atoms with Crippen LogP contribution in [0.2, 0.25) is 0 Å². The molecule has 0 amide bonds. The van der Waals surface area contributed by atoms with Gasteiger partial charge in [0.25, 0.3) is 0 Å². The number of hydrogen-bond donors (Lipinski definition) is 2. The number of aromatic nitrogens is 2. The number of alkyl halides is 3. The molecule has 1 aliphatic rings. The molecule has 1 fully saturated rings. The predicted octanol–water partition coefficient (Wildman–Crippen LogP) is 2.74. The van der Waals surface area contributed by atoms with Gasteiger partial charge in [-0.25, -0.2) is 10.8 Å². The van der Waals surface area contributed by atoms with Gasteiger partial charge in [-0.05, 0) is 25.2 Å². The van der Waals surface area contributed by atoms with Gasteiger partial charge < -0.3 is 4.74 Å². The highest BCUT2D eigenvalue weighted by Gasteiger charge is 2.34. The number of nitrogens with one attached hydrogen (secondary N) is 1. The van der Waals surface area contributed by atoms with Gasteiger partial charge in [0.2, 0.25) is 11.8 Å². The molecule has 1 aromatic rings. The third-order valence-corrected chi connectivity index (χ3v) is 3.43. The van der Waals surface area contributed by atoms with Crippen molar-refractivity contribution in [2.24, 2.45) is 11.8 Å². The van der Waals surface area contributed by atoms with Crippen LogP contribution in [0.15, 0.2) is 6.07 Å². The number of halogens is 3. The molecule has 1 saturated carbocycles. The van der Waals surface area contributed by atoms with Gasteiger partial charge in [-0.1, -0.05) is 13.3 Å². The number of hydrogen-bond acceptors (Lipinski definition) is 5. The normalized spacial score (nSPS) is 23.4. The quantitative estimate of drug-likeness (QED) is 0.661. The fraction of sp³-hybridized carbons (Fsp3) is 0.667. The third-order valence-electron chi connectivity index (χ3n) is 3.43. The molecule has 1 heterocycles. The summed E-state index contributed by atoms with van der Waals surface area (Å²) in [5.74, 6) is 4.98. The standard InChI is InChI=1S/C12H17F3N4O/c1-7-4-2-3-5-8(7)20-10-6-9(12(13,14)15)17-11(18-10)19-16/h6-8H,2-5,16H2,1H3,(H,17,18,19). The van der Waals surface area contributed by atoms with Crippen molar-refractivity contribution >= 4 is 5.95 Å². The van der Waals surface area contributed by atoms with Crippen molar-refractivity contribution in [2.45, 2.75) is 44.9 Å². The highest BCUT2D eigenvalue weighted by atomic mass is 19.4. The van der Waals surface area contributed by atoms with E-state index in [2.05, 4.69) is 9.97 Å². The summed E-state index contributed by atoms with van der Waals surface area (Å²) in [4.78, 5) is 7.11.